The molecule has 0 saturated carbocycles. The number of hydrogen-bond acceptors (Lipinski definition) is 5. The van der Waals surface area contributed by atoms with Crippen molar-refractivity contribution >= 4 is 15.7 Å². The summed E-state index contributed by atoms with van der Waals surface area (Å²) in [6.45, 7) is 3.99. The molecule has 7 heteroatoms. The van der Waals surface area contributed by atoms with Gasteiger partial charge in [0.1, 0.15) is 9.84 Å². The second kappa shape index (κ2) is 7.95. The molecule has 118 valence electrons. The number of carbonyl (C=O) groups is 1. The molecule has 1 aliphatic heterocycles. The zero-order valence-electron chi connectivity index (χ0n) is 12.4. The number of amides is 1. The largest absolute Gasteiger partial charge is 0.376 e. The van der Waals surface area contributed by atoms with Gasteiger partial charge in [0.05, 0.1) is 17.9 Å². The van der Waals surface area contributed by atoms with Crippen LogP contribution in [-0.4, -0.2) is 63.1 Å². The minimum Gasteiger partial charge on any atom is -0.376 e. The number of carbonyl (C=O) groups excluding carboxylic acids is 1. The van der Waals surface area contributed by atoms with Crippen LogP contribution in [0.4, 0.5) is 0 Å². The van der Waals surface area contributed by atoms with Gasteiger partial charge in [-0.25, -0.2) is 8.42 Å². The van der Waals surface area contributed by atoms with Crippen molar-refractivity contribution in [2.45, 2.75) is 44.8 Å². The Morgan fingerprint density at radius 2 is 2.20 bits per heavy atom. The molecule has 0 radical (unpaired) electrons. The van der Waals surface area contributed by atoms with E-state index in [9.17, 15) is 13.2 Å². The van der Waals surface area contributed by atoms with Gasteiger partial charge in [0.15, 0.2) is 0 Å². The number of rotatable bonds is 7. The number of nitrogens with zero attached hydrogens (tertiary/aromatic N) is 1. The number of likely N-dealkylation sites (tertiary alicyclic amines) is 1. The van der Waals surface area contributed by atoms with Crippen molar-refractivity contribution in [2.75, 3.05) is 31.7 Å². The predicted octanol–water partition coefficient (Wildman–Crippen LogP) is 0.166. The third-order valence-electron chi connectivity index (χ3n) is 3.36. The molecule has 1 saturated heterocycles. The molecule has 0 bridgehead atoms. The first kappa shape index (κ1) is 17.4. The van der Waals surface area contributed by atoms with Gasteiger partial charge in [-0.3, -0.25) is 4.79 Å². The van der Waals surface area contributed by atoms with E-state index in [1.165, 1.54) is 0 Å². The molecule has 2 unspecified atom stereocenters. The van der Waals surface area contributed by atoms with E-state index in [2.05, 4.69) is 0 Å². The molecule has 0 aromatic rings. The predicted molar refractivity (Wildman–Crippen MR) is 78.1 cm³/mol. The van der Waals surface area contributed by atoms with Crippen molar-refractivity contribution < 1.29 is 17.9 Å². The van der Waals surface area contributed by atoms with Gasteiger partial charge in [-0.05, 0) is 25.7 Å². The second-order valence-corrected chi connectivity index (χ2v) is 7.70. The molecule has 2 atom stereocenters. The number of nitrogens with two attached hydrogens (primary N) is 1. The minimum absolute atomic E-state index is 0.0521. The average Bonchev–Trinajstić information content (AvgIpc) is 2.41. The standard InChI is InChI=1S/C13H26N2O4S/c1-3-8-19-11-5-4-7-15(10-11)13(16)12(14)6-9-20(2,17)18/h11-12H,3-10,14H2,1-2H3. The third-order valence-corrected chi connectivity index (χ3v) is 4.34. The zero-order valence-corrected chi connectivity index (χ0v) is 13.2. The molecule has 20 heavy (non-hydrogen) atoms. The Kier molecular flexibility index (Phi) is 6.91. The molecule has 0 aromatic carbocycles. The van der Waals surface area contributed by atoms with Crippen LogP contribution in [0.1, 0.15) is 32.6 Å². The van der Waals surface area contributed by atoms with Gasteiger partial charge in [-0.1, -0.05) is 6.92 Å². The Hall–Kier alpha value is -0.660. The van der Waals surface area contributed by atoms with Crippen LogP contribution in [0.3, 0.4) is 0 Å². The van der Waals surface area contributed by atoms with Crippen LogP contribution < -0.4 is 5.73 Å². The van der Waals surface area contributed by atoms with E-state index in [1.807, 2.05) is 6.92 Å². The molecular formula is C13H26N2O4S. The van der Waals surface area contributed by atoms with Gasteiger partial charge in [0.25, 0.3) is 0 Å². The van der Waals surface area contributed by atoms with E-state index in [0.717, 1.165) is 25.5 Å². The molecule has 1 aliphatic rings. The van der Waals surface area contributed by atoms with Crippen LogP contribution in [0.25, 0.3) is 0 Å². The van der Waals surface area contributed by atoms with Gasteiger partial charge < -0.3 is 15.4 Å². The van der Waals surface area contributed by atoms with E-state index >= 15 is 0 Å². The van der Waals surface area contributed by atoms with E-state index < -0.39 is 15.9 Å². The highest BCUT2D eigenvalue weighted by Gasteiger charge is 2.27. The van der Waals surface area contributed by atoms with Crippen LogP contribution in [0.2, 0.25) is 0 Å². The van der Waals surface area contributed by atoms with E-state index in [4.69, 9.17) is 10.5 Å². The van der Waals surface area contributed by atoms with Crippen molar-refractivity contribution in [3.63, 3.8) is 0 Å². The van der Waals surface area contributed by atoms with Gasteiger partial charge in [0, 0.05) is 26.0 Å². The maximum absolute atomic E-state index is 12.2. The summed E-state index contributed by atoms with van der Waals surface area (Å²) < 4.78 is 27.9. The summed E-state index contributed by atoms with van der Waals surface area (Å²) in [6.07, 6.45) is 4.23. The fourth-order valence-corrected chi connectivity index (χ4v) is 2.94. The zero-order chi connectivity index (χ0) is 15.2. The maximum atomic E-state index is 12.2. The minimum atomic E-state index is -3.08. The lowest BCUT2D eigenvalue weighted by atomic mass is 10.1. The highest BCUT2D eigenvalue weighted by Crippen LogP contribution is 2.15. The fourth-order valence-electron chi connectivity index (χ4n) is 2.26. The summed E-state index contributed by atoms with van der Waals surface area (Å²) in [5.41, 5.74) is 5.80. The average molecular weight is 306 g/mol. The Morgan fingerprint density at radius 1 is 1.50 bits per heavy atom. The van der Waals surface area contributed by atoms with Gasteiger partial charge in [-0.2, -0.15) is 0 Å². The molecule has 1 fully saturated rings. The van der Waals surface area contributed by atoms with Crippen LogP contribution in [0.5, 0.6) is 0 Å². The SMILES string of the molecule is CCCOC1CCCN(C(=O)C(N)CCS(C)(=O)=O)C1. The Labute approximate surface area is 121 Å². The summed E-state index contributed by atoms with van der Waals surface area (Å²) >= 11 is 0. The Morgan fingerprint density at radius 3 is 2.80 bits per heavy atom. The molecule has 2 N–H and O–H groups in total. The Bertz CT molecular complexity index is 411. The fraction of sp³-hybridized carbons (Fsp3) is 0.923. The lowest BCUT2D eigenvalue weighted by Gasteiger charge is -2.34. The van der Waals surface area contributed by atoms with Crippen molar-refractivity contribution in [1.82, 2.24) is 4.90 Å². The summed E-state index contributed by atoms with van der Waals surface area (Å²) in [7, 11) is -3.08. The van der Waals surface area contributed by atoms with Crippen LogP contribution in [-0.2, 0) is 19.4 Å². The maximum Gasteiger partial charge on any atom is 0.239 e. The van der Waals surface area contributed by atoms with Gasteiger partial charge in [-0.15, -0.1) is 0 Å². The van der Waals surface area contributed by atoms with E-state index in [0.29, 0.717) is 19.7 Å². The lowest BCUT2D eigenvalue weighted by Crippen LogP contribution is -2.50. The molecular weight excluding hydrogens is 280 g/mol. The summed E-state index contributed by atoms with van der Waals surface area (Å²) in [6, 6.07) is -0.741. The van der Waals surface area contributed by atoms with Crippen molar-refractivity contribution in [3.8, 4) is 0 Å². The summed E-state index contributed by atoms with van der Waals surface area (Å²) in [5, 5.41) is 0. The normalized spacial score (nSPS) is 21.8. The van der Waals surface area contributed by atoms with Crippen LogP contribution in [0, 0.1) is 0 Å². The van der Waals surface area contributed by atoms with Crippen LogP contribution in [0.15, 0.2) is 0 Å². The highest BCUT2D eigenvalue weighted by molar-refractivity contribution is 7.90. The highest BCUT2D eigenvalue weighted by atomic mass is 32.2. The number of ether oxygens (including phenoxy) is 1. The third kappa shape index (κ3) is 6.19. The smallest absolute Gasteiger partial charge is 0.239 e. The summed E-state index contributed by atoms with van der Waals surface area (Å²) in [5.74, 6) is -0.220. The molecule has 0 aliphatic carbocycles. The molecule has 0 aromatic heterocycles. The lowest BCUT2D eigenvalue weighted by molar-refractivity contribution is -0.136. The first-order chi connectivity index (χ1) is 9.33. The first-order valence-electron chi connectivity index (χ1n) is 7.17. The summed E-state index contributed by atoms with van der Waals surface area (Å²) in [4.78, 5) is 13.9. The monoisotopic (exact) mass is 306 g/mol. The van der Waals surface area contributed by atoms with Crippen molar-refractivity contribution in [3.05, 3.63) is 0 Å². The first-order valence-corrected chi connectivity index (χ1v) is 9.23. The molecule has 0 spiro atoms. The van der Waals surface area contributed by atoms with Crippen molar-refractivity contribution in [1.29, 1.82) is 0 Å². The van der Waals surface area contributed by atoms with Gasteiger partial charge >= 0.3 is 0 Å². The molecule has 1 rings (SSSR count). The Balaban J connectivity index is 2.45. The second-order valence-electron chi connectivity index (χ2n) is 5.44. The molecule has 6 nitrogen and oxygen atoms in total. The van der Waals surface area contributed by atoms with Crippen molar-refractivity contribution in [2.24, 2.45) is 5.73 Å². The van der Waals surface area contributed by atoms with Crippen LogP contribution >= 0.6 is 0 Å². The number of sulfone groups is 1. The van der Waals surface area contributed by atoms with E-state index in [-0.39, 0.29) is 24.2 Å². The van der Waals surface area contributed by atoms with E-state index in [1.54, 1.807) is 4.90 Å². The number of piperidine rings is 1. The quantitative estimate of drug-likeness (QED) is 0.724. The van der Waals surface area contributed by atoms with Gasteiger partial charge in [0.2, 0.25) is 5.91 Å². The molecule has 1 heterocycles. The topological polar surface area (TPSA) is 89.7 Å². The molecule has 1 amide bonds. The number of hydrogen-bond donors (Lipinski definition) is 1.